The summed E-state index contributed by atoms with van der Waals surface area (Å²) in [6.07, 6.45) is 25.2. The predicted octanol–water partition coefficient (Wildman–Crippen LogP) is 8.33. The Morgan fingerprint density at radius 2 is 0.904 bits per heavy atom. The molecule has 0 unspecified atom stereocenters. The summed E-state index contributed by atoms with van der Waals surface area (Å²) in [7, 11) is 4.06. The normalized spacial score (nSPS) is 17.6. The van der Waals surface area contributed by atoms with Gasteiger partial charge in [0.25, 0.3) is 0 Å². The van der Waals surface area contributed by atoms with Crippen molar-refractivity contribution in [3.05, 3.63) is 214 Å². The van der Waals surface area contributed by atoms with E-state index in [0.29, 0.717) is 0 Å². The van der Waals surface area contributed by atoms with Crippen molar-refractivity contribution in [1.82, 2.24) is 9.88 Å². The van der Waals surface area contributed by atoms with E-state index in [1.807, 2.05) is 23.6 Å². The molecule has 0 aliphatic carbocycles. The number of pyridine rings is 1. The van der Waals surface area contributed by atoms with Crippen molar-refractivity contribution in [2.45, 2.75) is 13.8 Å². The Bertz CT molecular complexity index is 2530. The molecule has 7 heterocycles. The molecule has 0 spiro atoms. The zero-order valence-corrected chi connectivity index (χ0v) is 29.5. The minimum absolute atomic E-state index is 0.854. The Balaban J connectivity index is 1.36. The Kier molecular flexibility index (Phi) is 7.58. The second kappa shape index (κ2) is 12.6. The van der Waals surface area contributed by atoms with Crippen molar-refractivity contribution in [3.8, 4) is 0 Å². The number of aliphatic imine (C=N–C) groups is 3. The van der Waals surface area contributed by atoms with Gasteiger partial charge in [-0.05, 0) is 95.9 Å². The average molecular weight is 673 g/mol. The Labute approximate surface area is 304 Å². The zero-order valence-electron chi connectivity index (χ0n) is 29.5. The number of aryl methyl sites for hydroxylation is 3. The zero-order chi connectivity index (χ0) is 35.3. The van der Waals surface area contributed by atoms with Crippen LogP contribution in [-0.2, 0) is 7.05 Å². The molecule has 0 radical (unpaired) electrons. The van der Waals surface area contributed by atoms with E-state index in [1.165, 1.54) is 11.1 Å². The maximum Gasteiger partial charge on any atom is 0.169 e. The van der Waals surface area contributed by atoms with E-state index in [-0.39, 0.29) is 0 Å². The third-order valence-electron chi connectivity index (χ3n) is 9.82. The van der Waals surface area contributed by atoms with Crippen LogP contribution in [0.3, 0.4) is 0 Å². The molecule has 9 rings (SSSR count). The van der Waals surface area contributed by atoms with Crippen LogP contribution in [0.4, 0.5) is 0 Å². The van der Waals surface area contributed by atoms with Crippen molar-refractivity contribution in [2.75, 3.05) is 7.05 Å². The lowest BCUT2D eigenvalue weighted by Gasteiger charge is -2.19. The summed E-state index contributed by atoms with van der Waals surface area (Å²) in [6, 6.07) is 25.7. The number of hydrogen-bond donors (Lipinski definition) is 0. The molecule has 2 aromatic carbocycles. The van der Waals surface area contributed by atoms with Crippen LogP contribution in [0.15, 0.2) is 189 Å². The SMILES string of the molecule is Cc1ccc(C2=C3C=CC(=N3)C(=C3C=CN(C)C=C3)C3=NC(=C(c4ccc(C)cc4)c4ccc([n-]4)C(c4cc[n+](C)cc4)=C4C=CC2=N4)C=C3)cc1. The van der Waals surface area contributed by atoms with Gasteiger partial charge < -0.3 is 9.88 Å². The van der Waals surface area contributed by atoms with Crippen LogP contribution in [0.5, 0.6) is 0 Å². The lowest BCUT2D eigenvalue weighted by molar-refractivity contribution is -0.671. The molecule has 5 aliphatic rings. The maximum absolute atomic E-state index is 5.36. The number of fused-ring (bicyclic) bond motifs is 5. The van der Waals surface area contributed by atoms with Crippen LogP contribution in [0.25, 0.3) is 16.7 Å². The molecule has 0 amide bonds. The van der Waals surface area contributed by atoms with Gasteiger partial charge in [0.15, 0.2) is 12.4 Å². The molecule has 8 bridgehead atoms. The van der Waals surface area contributed by atoms with Crippen molar-refractivity contribution < 1.29 is 4.57 Å². The number of rotatable bonds is 3. The lowest BCUT2D eigenvalue weighted by atomic mass is 9.97. The molecule has 4 aromatic rings. The quantitative estimate of drug-likeness (QED) is 0.206. The van der Waals surface area contributed by atoms with Gasteiger partial charge in [-0.15, -0.1) is 11.4 Å². The molecule has 5 aliphatic heterocycles. The molecule has 2 aromatic heterocycles. The fraction of sp³-hybridized carbons (Fsp3) is 0.0870. The number of aromatic nitrogens is 2. The Morgan fingerprint density at radius 3 is 1.40 bits per heavy atom. The van der Waals surface area contributed by atoms with E-state index < -0.39 is 0 Å². The Hall–Kier alpha value is -6.66. The third-order valence-corrected chi connectivity index (χ3v) is 9.82. The topological polar surface area (TPSA) is 58.3 Å². The van der Waals surface area contributed by atoms with Gasteiger partial charge in [0.1, 0.15) is 7.05 Å². The minimum Gasteiger partial charge on any atom is -0.657 e. The highest BCUT2D eigenvalue weighted by atomic mass is 15.0. The summed E-state index contributed by atoms with van der Waals surface area (Å²) in [5.41, 5.74) is 17.3. The summed E-state index contributed by atoms with van der Waals surface area (Å²) in [4.78, 5) is 23.5. The van der Waals surface area contributed by atoms with E-state index in [0.717, 1.165) is 90.2 Å². The van der Waals surface area contributed by atoms with Gasteiger partial charge >= 0.3 is 0 Å². The largest absolute Gasteiger partial charge is 0.657 e. The number of nitrogens with zero attached hydrogens (tertiary/aromatic N) is 6. The van der Waals surface area contributed by atoms with Crippen LogP contribution in [0, 0.1) is 13.8 Å². The van der Waals surface area contributed by atoms with E-state index in [4.69, 9.17) is 20.0 Å². The van der Waals surface area contributed by atoms with E-state index in [2.05, 4.69) is 160 Å². The van der Waals surface area contributed by atoms with Crippen LogP contribution in [0.1, 0.15) is 39.2 Å². The molecule has 0 atom stereocenters. The van der Waals surface area contributed by atoms with Crippen molar-refractivity contribution in [3.63, 3.8) is 0 Å². The average Bonchev–Trinajstić information content (AvgIpc) is 3.99. The predicted molar refractivity (Wildman–Crippen MR) is 211 cm³/mol. The number of hydrogen-bond acceptors (Lipinski definition) is 4. The molecule has 0 saturated heterocycles. The summed E-state index contributed by atoms with van der Waals surface area (Å²) in [5, 5.41) is 0. The molecular formula is C46H36N6. The van der Waals surface area contributed by atoms with Gasteiger partial charge in [-0.1, -0.05) is 71.8 Å². The highest BCUT2D eigenvalue weighted by Crippen LogP contribution is 2.38. The van der Waals surface area contributed by atoms with Gasteiger partial charge in [0.2, 0.25) is 0 Å². The minimum atomic E-state index is 0.854. The monoisotopic (exact) mass is 672 g/mol. The second-order valence-corrected chi connectivity index (χ2v) is 13.6. The summed E-state index contributed by atoms with van der Waals surface area (Å²) < 4.78 is 2.04. The first-order chi connectivity index (χ1) is 25.4. The fourth-order valence-corrected chi connectivity index (χ4v) is 7.05. The van der Waals surface area contributed by atoms with E-state index in [9.17, 15) is 0 Å². The van der Waals surface area contributed by atoms with Gasteiger partial charge in [0, 0.05) is 42.7 Å². The standard InChI is InChI=1S/C46H36N6/c1-29-5-9-31(10-6-29)43-35-13-17-39(47-35)45(33-21-25-51(3)26-22-33)41-19-15-37(49-41)44(32-11-7-30(2)8-12-32)38-16-20-42(50-38)46(40-18-14-36(43)48-40)34-23-27-52(4)28-24-34/h5-28H,1-4H3. The smallest absolute Gasteiger partial charge is 0.169 e. The first kappa shape index (κ1) is 31.3. The van der Waals surface area contributed by atoms with Crippen LogP contribution >= 0.6 is 0 Å². The van der Waals surface area contributed by atoms with Crippen molar-refractivity contribution >= 4 is 33.9 Å². The first-order valence-electron chi connectivity index (χ1n) is 17.5. The van der Waals surface area contributed by atoms with Crippen molar-refractivity contribution in [1.29, 1.82) is 0 Å². The second-order valence-electron chi connectivity index (χ2n) is 13.6. The number of allylic oxidation sites excluding steroid dienone is 11. The third kappa shape index (κ3) is 5.64. The van der Waals surface area contributed by atoms with Crippen LogP contribution in [0.2, 0.25) is 0 Å². The molecular weight excluding hydrogens is 637 g/mol. The van der Waals surface area contributed by atoms with Gasteiger partial charge in [-0.3, -0.25) is 0 Å². The molecule has 250 valence electrons. The highest BCUT2D eigenvalue weighted by molar-refractivity contribution is 6.36. The summed E-state index contributed by atoms with van der Waals surface area (Å²) in [6.45, 7) is 4.22. The van der Waals surface area contributed by atoms with Crippen molar-refractivity contribution in [2.24, 2.45) is 22.0 Å². The van der Waals surface area contributed by atoms with Gasteiger partial charge in [0.05, 0.1) is 34.2 Å². The van der Waals surface area contributed by atoms with E-state index >= 15 is 0 Å². The fourth-order valence-electron chi connectivity index (χ4n) is 7.05. The summed E-state index contributed by atoms with van der Waals surface area (Å²) >= 11 is 0. The van der Waals surface area contributed by atoms with E-state index in [1.54, 1.807) is 0 Å². The van der Waals surface area contributed by atoms with Crippen LogP contribution in [-0.4, -0.2) is 29.1 Å². The number of benzene rings is 2. The molecule has 0 fully saturated rings. The highest BCUT2D eigenvalue weighted by Gasteiger charge is 2.26. The lowest BCUT2D eigenvalue weighted by Crippen LogP contribution is -2.25. The van der Waals surface area contributed by atoms with Crippen LogP contribution < -0.4 is 9.55 Å². The van der Waals surface area contributed by atoms with Gasteiger partial charge in [-0.25, -0.2) is 19.5 Å². The maximum atomic E-state index is 5.36. The molecule has 0 N–H and O–H groups in total. The Morgan fingerprint density at radius 1 is 0.481 bits per heavy atom. The summed E-state index contributed by atoms with van der Waals surface area (Å²) in [5.74, 6) is 0. The molecule has 6 heteroatoms. The molecule has 0 saturated carbocycles. The molecule has 6 nitrogen and oxygen atoms in total. The first-order valence-corrected chi connectivity index (χ1v) is 17.5. The molecule has 52 heavy (non-hydrogen) atoms. The van der Waals surface area contributed by atoms with Gasteiger partial charge in [-0.2, -0.15) is 0 Å².